The third-order valence-electron chi connectivity index (χ3n) is 11.6. The molecule has 284 valence electrons. The van der Waals surface area contributed by atoms with Gasteiger partial charge in [0.2, 0.25) is 17.7 Å². The molecule has 2 aliphatic heterocycles. The fourth-order valence-electron chi connectivity index (χ4n) is 8.15. The molecule has 0 radical (unpaired) electrons. The lowest BCUT2D eigenvalue weighted by Gasteiger charge is -2.64. The van der Waals surface area contributed by atoms with Crippen molar-refractivity contribution in [3.05, 3.63) is 71.3 Å². The Kier molecular flexibility index (Phi) is 10.3. The highest BCUT2D eigenvalue weighted by Gasteiger charge is 2.68. The summed E-state index contributed by atoms with van der Waals surface area (Å²) >= 11 is 0. The van der Waals surface area contributed by atoms with Crippen LogP contribution in [0.3, 0.4) is 0 Å². The number of hydrogen-bond acceptors (Lipinski definition) is 8. The van der Waals surface area contributed by atoms with Crippen molar-refractivity contribution in [2.75, 3.05) is 6.44 Å². The van der Waals surface area contributed by atoms with E-state index in [4.69, 9.17) is 9.31 Å². The van der Waals surface area contributed by atoms with E-state index in [1.807, 2.05) is 6.07 Å². The Morgan fingerprint density at radius 3 is 2.23 bits per heavy atom. The van der Waals surface area contributed by atoms with E-state index in [0.29, 0.717) is 11.8 Å². The average Bonchev–Trinajstić information content (AvgIpc) is 3.86. The Bertz CT molecular complexity index is 1770. The van der Waals surface area contributed by atoms with Crippen LogP contribution in [0.2, 0.25) is 0 Å². The Hall–Kier alpha value is -4.31. The second kappa shape index (κ2) is 14.2. The number of benzene rings is 2. The highest BCUT2D eigenvalue weighted by atomic mass is 19.4. The monoisotopic (exact) mass is 738 g/mol. The minimum Gasteiger partial charge on any atom is -0.404 e. The van der Waals surface area contributed by atoms with Crippen LogP contribution in [0.1, 0.15) is 75.9 Å². The topological polar surface area (TPSA) is 160 Å². The quantitative estimate of drug-likeness (QED) is 0.225. The van der Waals surface area contributed by atoms with Gasteiger partial charge in [0.1, 0.15) is 18.1 Å². The lowest BCUT2D eigenvalue weighted by Crippen LogP contribution is -2.65. The molecule has 2 aromatic rings. The van der Waals surface area contributed by atoms with Crippen molar-refractivity contribution in [2.24, 2.45) is 33.4 Å². The third-order valence-corrected chi connectivity index (χ3v) is 11.6. The molecule has 4 N–H and O–H groups in total. The van der Waals surface area contributed by atoms with Gasteiger partial charge in [0, 0.05) is 17.5 Å². The number of nitrogens with zero attached hydrogens (tertiary/aromatic N) is 2. The highest BCUT2D eigenvalue weighted by Crippen LogP contribution is 2.65. The molecule has 7 rings (SSSR count). The molecule has 16 heteroatoms. The zero-order valence-corrected chi connectivity index (χ0v) is 30.6. The Balaban J connectivity index is 1.08. The first-order chi connectivity index (χ1) is 24.9. The molecular formula is C37H46BF3N6O6. The lowest BCUT2D eigenvalue weighted by atomic mass is 9.43. The van der Waals surface area contributed by atoms with Gasteiger partial charge in [-0.3, -0.25) is 19.2 Å². The molecule has 0 spiro atoms. The van der Waals surface area contributed by atoms with Crippen LogP contribution in [0, 0.1) is 23.2 Å². The molecule has 3 saturated carbocycles. The summed E-state index contributed by atoms with van der Waals surface area (Å²) in [5, 5.41) is 17.2. The smallest absolute Gasteiger partial charge is 0.404 e. The number of carbonyl (C=O) groups is 4. The number of amides is 4. The maximum Gasteiger partial charge on any atom is 0.478 e. The number of alkyl halides is 3. The standard InChI is InChI=1S/C37H46BF3N6O6/c1-20(2)29(45-31(49)23-13-10-14-24(16-23)36(46-47-36)37(39,40)41)33(51)44-26(15-22-11-8-7-9-12-22)32(50)43-21(3)30(48)42-19-38-52-28-18-25-17-27(34(25,4)5)35(28,6)53-38/h7-14,16,20-21,25-29H,15,17-19H2,1-6H3,(H,42,48)(H,43,50)(H,44,51)(H,45,49)/t21-,25-,26-,27-,28+,29-,35-/m0/s1. The molecule has 0 aromatic heterocycles. The van der Waals surface area contributed by atoms with Crippen molar-refractivity contribution in [3.63, 3.8) is 0 Å². The van der Waals surface area contributed by atoms with Crippen molar-refractivity contribution in [2.45, 2.75) is 102 Å². The van der Waals surface area contributed by atoms with E-state index in [1.54, 1.807) is 38.1 Å². The summed E-state index contributed by atoms with van der Waals surface area (Å²) in [6.45, 7) is 11.5. The van der Waals surface area contributed by atoms with E-state index >= 15 is 0 Å². The number of nitrogens with one attached hydrogen (secondary N) is 4. The van der Waals surface area contributed by atoms with Crippen LogP contribution < -0.4 is 21.3 Å². The van der Waals surface area contributed by atoms with E-state index < -0.39 is 72.2 Å². The first-order valence-electron chi connectivity index (χ1n) is 18.0. The van der Waals surface area contributed by atoms with Crippen molar-refractivity contribution in [1.29, 1.82) is 0 Å². The molecule has 5 aliphatic rings. The second-order valence-corrected chi connectivity index (χ2v) is 15.8. The molecular weight excluding hydrogens is 692 g/mol. The average molecular weight is 739 g/mol. The summed E-state index contributed by atoms with van der Waals surface area (Å²) in [5.74, 6) is -2.11. The van der Waals surface area contributed by atoms with Crippen LogP contribution >= 0.6 is 0 Å². The van der Waals surface area contributed by atoms with Crippen LogP contribution in [0.5, 0.6) is 0 Å². The van der Waals surface area contributed by atoms with Gasteiger partial charge < -0.3 is 30.6 Å². The predicted octanol–water partition coefficient (Wildman–Crippen LogP) is 4.24. The van der Waals surface area contributed by atoms with Gasteiger partial charge in [-0.25, -0.2) is 0 Å². The van der Waals surface area contributed by atoms with Crippen LogP contribution in [0.15, 0.2) is 64.8 Å². The van der Waals surface area contributed by atoms with Crippen molar-refractivity contribution >= 4 is 30.7 Å². The van der Waals surface area contributed by atoms with Gasteiger partial charge >= 0.3 is 19.0 Å². The molecule has 12 nitrogen and oxygen atoms in total. The highest BCUT2D eigenvalue weighted by molar-refractivity contribution is 6.46. The molecule has 4 amide bonds. The first kappa shape index (κ1) is 38.4. The molecule has 2 bridgehead atoms. The fraction of sp³-hybridized carbons (Fsp3) is 0.568. The van der Waals surface area contributed by atoms with E-state index in [1.165, 1.54) is 25.1 Å². The van der Waals surface area contributed by atoms with E-state index in [9.17, 15) is 32.3 Å². The molecule has 4 fully saturated rings. The van der Waals surface area contributed by atoms with Gasteiger partial charge in [0.05, 0.1) is 18.1 Å². The molecule has 1 saturated heterocycles. The number of hydrogen-bond donors (Lipinski definition) is 4. The molecule has 0 unspecified atom stereocenters. The summed E-state index contributed by atoms with van der Waals surface area (Å²) in [4.78, 5) is 53.8. The van der Waals surface area contributed by atoms with E-state index in [2.05, 4.69) is 52.3 Å². The summed E-state index contributed by atoms with van der Waals surface area (Å²) in [5.41, 5.74) is -2.67. The maximum atomic E-state index is 13.7. The van der Waals surface area contributed by atoms with Crippen molar-refractivity contribution < 1.29 is 41.7 Å². The van der Waals surface area contributed by atoms with Crippen LogP contribution in [-0.4, -0.2) is 73.2 Å². The lowest BCUT2D eigenvalue weighted by molar-refractivity contribution is -0.199. The van der Waals surface area contributed by atoms with E-state index in [-0.39, 0.29) is 35.5 Å². The van der Waals surface area contributed by atoms with Gasteiger partial charge in [0.25, 0.3) is 5.91 Å². The van der Waals surface area contributed by atoms with Gasteiger partial charge in [-0.2, -0.15) is 13.2 Å². The van der Waals surface area contributed by atoms with Crippen LogP contribution in [0.25, 0.3) is 0 Å². The van der Waals surface area contributed by atoms with Gasteiger partial charge in [-0.05, 0) is 67.6 Å². The Labute approximate surface area is 306 Å². The molecule has 2 aromatic carbocycles. The molecule has 2 heterocycles. The minimum absolute atomic E-state index is 0.0404. The number of carbonyl (C=O) groups excluding carboxylic acids is 4. The predicted molar refractivity (Wildman–Crippen MR) is 188 cm³/mol. The van der Waals surface area contributed by atoms with Crippen molar-refractivity contribution in [1.82, 2.24) is 21.3 Å². The SMILES string of the molecule is CC(C)[C@H](NC(=O)c1cccc(C2(C(F)(F)F)N=N2)c1)C(=O)N[C@@H](Cc1ccccc1)C(=O)N[C@@H](C)C(=O)NCB1O[C@@H]2C[C@@H]3C[C@@H](C3(C)C)[C@]2(C)O1. The molecule has 53 heavy (non-hydrogen) atoms. The zero-order chi connectivity index (χ0) is 38.5. The maximum absolute atomic E-state index is 13.7. The summed E-state index contributed by atoms with van der Waals surface area (Å²) in [7, 11) is -0.618. The summed E-state index contributed by atoms with van der Waals surface area (Å²) < 4.78 is 53.4. The second-order valence-electron chi connectivity index (χ2n) is 15.8. The molecule has 7 atom stereocenters. The molecule has 3 aliphatic carbocycles. The van der Waals surface area contributed by atoms with Crippen LogP contribution in [-0.2, 0) is 35.8 Å². The summed E-state index contributed by atoms with van der Waals surface area (Å²) in [6.07, 6.45) is -2.63. The largest absolute Gasteiger partial charge is 0.478 e. The van der Waals surface area contributed by atoms with Gasteiger partial charge in [0.15, 0.2) is 0 Å². The fourth-order valence-corrected chi connectivity index (χ4v) is 8.15. The van der Waals surface area contributed by atoms with Gasteiger partial charge in [-0.15, -0.1) is 10.2 Å². The Morgan fingerprint density at radius 2 is 1.60 bits per heavy atom. The number of halogens is 3. The number of rotatable bonds is 13. The first-order valence-corrected chi connectivity index (χ1v) is 18.0. The third kappa shape index (κ3) is 7.44. The van der Waals surface area contributed by atoms with Crippen LogP contribution in [0.4, 0.5) is 13.2 Å². The summed E-state index contributed by atoms with van der Waals surface area (Å²) in [6, 6.07) is 10.5. The van der Waals surface area contributed by atoms with Gasteiger partial charge in [-0.1, -0.05) is 70.2 Å². The van der Waals surface area contributed by atoms with E-state index in [0.717, 1.165) is 24.5 Å². The minimum atomic E-state index is -4.78. The Morgan fingerprint density at radius 1 is 0.906 bits per heavy atom. The normalized spacial score (nSPS) is 26.4. The van der Waals surface area contributed by atoms with Crippen molar-refractivity contribution in [3.8, 4) is 0 Å². The zero-order valence-electron chi connectivity index (χ0n) is 30.6.